The molecule has 0 bridgehead atoms. The molecule has 1 saturated heterocycles. The summed E-state index contributed by atoms with van der Waals surface area (Å²) in [7, 11) is 0. The minimum atomic E-state index is 0.0419. The molecule has 2 saturated carbocycles. The van der Waals surface area contributed by atoms with E-state index in [1.54, 1.807) is 0 Å². The van der Waals surface area contributed by atoms with Crippen molar-refractivity contribution in [1.82, 2.24) is 4.98 Å². The van der Waals surface area contributed by atoms with Crippen LogP contribution in [0.2, 0.25) is 0 Å². The maximum absolute atomic E-state index is 12.4. The summed E-state index contributed by atoms with van der Waals surface area (Å²) in [5.74, 6) is 2.93. The Hall–Kier alpha value is -1.64. The van der Waals surface area contributed by atoms with E-state index in [1.165, 1.54) is 25.7 Å². The van der Waals surface area contributed by atoms with E-state index in [2.05, 4.69) is 51.1 Å². The van der Waals surface area contributed by atoms with Crippen LogP contribution in [0.3, 0.4) is 0 Å². The van der Waals surface area contributed by atoms with E-state index >= 15 is 0 Å². The molecule has 0 N–H and O–H groups in total. The molecule has 2 aliphatic carbocycles. The number of ether oxygens (including phenoxy) is 1. The van der Waals surface area contributed by atoms with Gasteiger partial charge in [0.1, 0.15) is 6.10 Å². The zero-order valence-electron chi connectivity index (χ0n) is 16.9. The van der Waals surface area contributed by atoms with Crippen LogP contribution in [0.15, 0.2) is 24.3 Å². The fourth-order valence-electron chi connectivity index (χ4n) is 5.92. The third-order valence-electron chi connectivity index (χ3n) is 7.01. The highest BCUT2D eigenvalue weighted by Gasteiger charge is 2.53. The van der Waals surface area contributed by atoms with E-state index in [4.69, 9.17) is 9.72 Å². The molecule has 3 heteroatoms. The normalized spacial score (nSPS) is 35.9. The van der Waals surface area contributed by atoms with Crippen LogP contribution in [0.4, 0.5) is 0 Å². The van der Waals surface area contributed by atoms with E-state index in [0.29, 0.717) is 29.6 Å². The molecular formula is C24H33NO2. The molecule has 6 atom stereocenters. The molecule has 27 heavy (non-hydrogen) atoms. The standard InChI is InChI=1S/C24H33NO2/c1-15(2)13-19-9-6-8-18(25-19)11-12-21-20-10-5-4-7-17(20)14-22-23(21)16(3)27-24(22)26/h6,8-9,11-12,15-17,20-23H,4-5,7,10,13-14H2,1-3H3/b12-11+/t16-,17+,20-,21+,22-,23+/m0/s1. The van der Waals surface area contributed by atoms with E-state index < -0.39 is 0 Å². The lowest BCUT2D eigenvalue weighted by Crippen LogP contribution is -2.42. The molecule has 146 valence electrons. The van der Waals surface area contributed by atoms with Crippen LogP contribution in [0.25, 0.3) is 6.08 Å². The number of aromatic nitrogens is 1. The highest BCUT2D eigenvalue weighted by Crippen LogP contribution is 2.53. The van der Waals surface area contributed by atoms with Crippen LogP contribution in [0.1, 0.15) is 64.3 Å². The lowest BCUT2D eigenvalue weighted by Gasteiger charge is -2.45. The molecule has 4 rings (SSSR count). The number of fused-ring (bicyclic) bond motifs is 2. The van der Waals surface area contributed by atoms with Crippen LogP contribution >= 0.6 is 0 Å². The van der Waals surface area contributed by atoms with Crippen molar-refractivity contribution in [1.29, 1.82) is 0 Å². The van der Waals surface area contributed by atoms with Gasteiger partial charge in [0.15, 0.2) is 0 Å². The molecule has 3 fully saturated rings. The molecule has 0 amide bonds. The van der Waals surface area contributed by atoms with Crippen molar-refractivity contribution in [3.05, 3.63) is 35.7 Å². The lowest BCUT2D eigenvalue weighted by molar-refractivity contribution is -0.144. The number of carbonyl (C=O) groups excluding carboxylic acids is 1. The lowest BCUT2D eigenvalue weighted by atomic mass is 9.57. The number of allylic oxidation sites excluding steroid dienone is 1. The second-order valence-electron chi connectivity index (χ2n) is 9.36. The number of pyridine rings is 1. The number of hydrogen-bond donors (Lipinski definition) is 0. The highest BCUT2D eigenvalue weighted by molar-refractivity contribution is 5.75. The van der Waals surface area contributed by atoms with Gasteiger partial charge in [-0.15, -0.1) is 0 Å². The SMILES string of the molecule is CC(C)Cc1cccc(/C=C/[C@@H]2[C@H]3CCCC[C@@H]3C[C@@H]3C(=O)O[C@@H](C)[C@H]23)n1. The van der Waals surface area contributed by atoms with Crippen LogP contribution in [0.5, 0.6) is 0 Å². The highest BCUT2D eigenvalue weighted by atomic mass is 16.6. The number of cyclic esters (lactones) is 1. The summed E-state index contributed by atoms with van der Waals surface area (Å²) in [6.07, 6.45) is 11.9. The van der Waals surface area contributed by atoms with Crippen molar-refractivity contribution in [3.63, 3.8) is 0 Å². The summed E-state index contributed by atoms with van der Waals surface area (Å²) < 4.78 is 5.67. The van der Waals surface area contributed by atoms with E-state index in [9.17, 15) is 4.79 Å². The van der Waals surface area contributed by atoms with Gasteiger partial charge in [-0.05, 0) is 68.1 Å². The average Bonchev–Trinajstić information content (AvgIpc) is 2.92. The van der Waals surface area contributed by atoms with Crippen molar-refractivity contribution in [2.24, 2.45) is 35.5 Å². The summed E-state index contributed by atoms with van der Waals surface area (Å²) in [5, 5.41) is 0. The fourth-order valence-corrected chi connectivity index (χ4v) is 5.92. The third kappa shape index (κ3) is 3.83. The van der Waals surface area contributed by atoms with Gasteiger partial charge in [0, 0.05) is 11.6 Å². The first kappa shape index (κ1) is 18.7. The Kier molecular flexibility index (Phi) is 5.39. The third-order valence-corrected chi connectivity index (χ3v) is 7.01. The first-order chi connectivity index (χ1) is 13.0. The van der Waals surface area contributed by atoms with E-state index in [1.807, 2.05) is 0 Å². The summed E-state index contributed by atoms with van der Waals surface area (Å²) in [6, 6.07) is 6.33. The summed E-state index contributed by atoms with van der Waals surface area (Å²) >= 11 is 0. The second-order valence-corrected chi connectivity index (χ2v) is 9.36. The van der Waals surface area contributed by atoms with Gasteiger partial charge >= 0.3 is 5.97 Å². The van der Waals surface area contributed by atoms with Gasteiger partial charge in [0.25, 0.3) is 0 Å². The molecule has 1 aromatic rings. The monoisotopic (exact) mass is 367 g/mol. The minimum Gasteiger partial charge on any atom is -0.462 e. The van der Waals surface area contributed by atoms with Gasteiger partial charge in [-0.2, -0.15) is 0 Å². The number of esters is 1. The van der Waals surface area contributed by atoms with E-state index in [-0.39, 0.29) is 18.0 Å². The topological polar surface area (TPSA) is 39.2 Å². The first-order valence-corrected chi connectivity index (χ1v) is 10.9. The van der Waals surface area contributed by atoms with Crippen molar-refractivity contribution in [3.8, 4) is 0 Å². The molecule has 2 heterocycles. The minimum absolute atomic E-state index is 0.0419. The summed E-state index contributed by atoms with van der Waals surface area (Å²) in [5.41, 5.74) is 2.21. The van der Waals surface area contributed by atoms with E-state index in [0.717, 1.165) is 24.2 Å². The Morgan fingerprint density at radius 3 is 2.89 bits per heavy atom. The van der Waals surface area contributed by atoms with Crippen LogP contribution < -0.4 is 0 Å². The molecule has 1 aliphatic heterocycles. The van der Waals surface area contributed by atoms with Gasteiger partial charge in [0.2, 0.25) is 0 Å². The van der Waals surface area contributed by atoms with Crippen molar-refractivity contribution in [2.45, 2.75) is 65.4 Å². The van der Waals surface area contributed by atoms with Gasteiger partial charge in [0.05, 0.1) is 11.6 Å². The predicted molar refractivity (Wildman–Crippen MR) is 108 cm³/mol. The van der Waals surface area contributed by atoms with Gasteiger partial charge in [-0.1, -0.05) is 45.3 Å². The summed E-state index contributed by atoms with van der Waals surface area (Å²) in [4.78, 5) is 17.2. The maximum atomic E-state index is 12.4. The molecule has 0 radical (unpaired) electrons. The quantitative estimate of drug-likeness (QED) is 0.678. The molecule has 0 spiro atoms. The van der Waals surface area contributed by atoms with Crippen LogP contribution in [0, 0.1) is 35.5 Å². The molecule has 0 unspecified atom stereocenters. The van der Waals surface area contributed by atoms with Gasteiger partial charge < -0.3 is 4.74 Å². The fraction of sp³-hybridized carbons (Fsp3) is 0.667. The number of carbonyl (C=O) groups is 1. The Balaban J connectivity index is 1.59. The summed E-state index contributed by atoms with van der Waals surface area (Å²) in [6.45, 7) is 6.55. The first-order valence-electron chi connectivity index (χ1n) is 10.9. The van der Waals surface area contributed by atoms with Crippen LogP contribution in [-0.2, 0) is 16.0 Å². The zero-order chi connectivity index (χ0) is 19.0. The van der Waals surface area contributed by atoms with Crippen molar-refractivity contribution < 1.29 is 9.53 Å². The molecule has 1 aromatic heterocycles. The Bertz CT molecular complexity index is 710. The zero-order valence-corrected chi connectivity index (χ0v) is 16.9. The van der Waals surface area contributed by atoms with Crippen molar-refractivity contribution in [2.75, 3.05) is 0 Å². The van der Waals surface area contributed by atoms with Gasteiger partial charge in [-0.25, -0.2) is 0 Å². The van der Waals surface area contributed by atoms with Gasteiger partial charge in [-0.3, -0.25) is 9.78 Å². The Labute approximate surface area is 163 Å². The maximum Gasteiger partial charge on any atom is 0.309 e. The number of hydrogen-bond acceptors (Lipinski definition) is 3. The molecular weight excluding hydrogens is 334 g/mol. The number of rotatable bonds is 4. The van der Waals surface area contributed by atoms with Crippen molar-refractivity contribution >= 4 is 12.0 Å². The molecule has 3 nitrogen and oxygen atoms in total. The molecule has 3 aliphatic rings. The van der Waals surface area contributed by atoms with Crippen LogP contribution in [-0.4, -0.2) is 17.1 Å². The second kappa shape index (κ2) is 7.77. The number of nitrogens with zero attached hydrogens (tertiary/aromatic N) is 1. The average molecular weight is 368 g/mol. The molecule has 0 aromatic carbocycles. The smallest absolute Gasteiger partial charge is 0.309 e. The predicted octanol–water partition coefficient (Wildman–Crippen LogP) is 5.30. The largest absolute Gasteiger partial charge is 0.462 e. The Morgan fingerprint density at radius 2 is 2.07 bits per heavy atom. The Morgan fingerprint density at radius 1 is 1.26 bits per heavy atom.